The normalized spacial score (nSPS) is 11.2. The van der Waals surface area contributed by atoms with E-state index >= 15 is 0 Å². The van der Waals surface area contributed by atoms with Crippen molar-refractivity contribution in [1.29, 1.82) is 0 Å². The number of hydrogen-bond acceptors (Lipinski definition) is 7. The Kier molecular flexibility index (Phi) is 3.36. The third-order valence-corrected chi connectivity index (χ3v) is 4.59. The van der Waals surface area contributed by atoms with Crippen molar-refractivity contribution in [2.75, 3.05) is 5.73 Å². The van der Waals surface area contributed by atoms with Gasteiger partial charge in [0.25, 0.3) is 5.88 Å². The number of fused-ring (bicyclic) bond motifs is 1. The highest BCUT2D eigenvalue weighted by Crippen LogP contribution is 2.36. The Bertz CT molecular complexity index is 1070. The number of aromatic hydroxyl groups is 1. The van der Waals surface area contributed by atoms with Crippen LogP contribution in [-0.4, -0.2) is 29.8 Å². The second-order valence-electron chi connectivity index (χ2n) is 5.16. The summed E-state index contributed by atoms with van der Waals surface area (Å²) < 4.78 is 2.58. The zero-order chi connectivity index (χ0) is 16.8. The maximum atomic E-state index is 9.91. The fraction of sp³-hybridized carbons (Fsp3) is 0.0667. The summed E-state index contributed by atoms with van der Waals surface area (Å²) >= 11 is 7.79. The van der Waals surface area contributed by atoms with Crippen LogP contribution in [0.25, 0.3) is 32.9 Å². The van der Waals surface area contributed by atoms with Crippen molar-refractivity contribution in [3.8, 4) is 28.5 Å². The molecule has 0 amide bonds. The lowest BCUT2D eigenvalue weighted by Crippen LogP contribution is -2.00. The van der Waals surface area contributed by atoms with Crippen molar-refractivity contribution >= 4 is 39.0 Å². The summed E-state index contributed by atoms with van der Waals surface area (Å²) in [5.41, 5.74) is 10.4. The average molecular weight is 359 g/mol. The Balaban J connectivity index is 2.00. The summed E-state index contributed by atoms with van der Waals surface area (Å²) in [5, 5.41) is 14.8. The van der Waals surface area contributed by atoms with E-state index in [1.54, 1.807) is 35.6 Å². The fourth-order valence-electron chi connectivity index (χ4n) is 2.42. The molecular weight excluding hydrogens is 348 g/mol. The number of thiazole rings is 1. The fourth-order valence-corrected chi connectivity index (χ4v) is 3.49. The number of aryl methyl sites for hydroxylation is 1. The Morgan fingerprint density at radius 2 is 2.08 bits per heavy atom. The maximum absolute atomic E-state index is 9.91. The monoisotopic (exact) mass is 358 g/mol. The van der Waals surface area contributed by atoms with E-state index in [4.69, 9.17) is 17.3 Å². The van der Waals surface area contributed by atoms with Crippen molar-refractivity contribution < 1.29 is 5.11 Å². The molecule has 4 rings (SSSR count). The van der Waals surface area contributed by atoms with Crippen LogP contribution in [0.2, 0.25) is 5.02 Å². The standard InChI is InChI=1S/C15H11ClN6OS/c1-22-3-2-9(21-22)13-11(20-15(23)14(17)19-13)7-4-8(16)12-10(5-7)24-6-18-12/h2-6H,1H3,(H2,17,19)(H,20,23). The SMILES string of the molecule is Cn1ccc(-c2nc(N)c(O)nc2-c2cc(Cl)c3ncsc3c2)n1. The highest BCUT2D eigenvalue weighted by molar-refractivity contribution is 7.16. The second-order valence-corrected chi connectivity index (χ2v) is 6.46. The van der Waals surface area contributed by atoms with Crippen LogP contribution in [0.1, 0.15) is 0 Å². The molecule has 24 heavy (non-hydrogen) atoms. The molecule has 3 N–H and O–H groups in total. The van der Waals surface area contributed by atoms with Crippen molar-refractivity contribution in [2.24, 2.45) is 7.05 Å². The number of nitrogens with zero attached hydrogens (tertiary/aromatic N) is 5. The Morgan fingerprint density at radius 3 is 2.83 bits per heavy atom. The van der Waals surface area contributed by atoms with Crippen LogP contribution in [-0.2, 0) is 7.05 Å². The van der Waals surface area contributed by atoms with Crippen LogP contribution < -0.4 is 5.73 Å². The predicted octanol–water partition coefficient (Wildman–Crippen LogP) is 3.10. The largest absolute Gasteiger partial charge is 0.491 e. The molecule has 0 aliphatic heterocycles. The van der Waals surface area contributed by atoms with Crippen LogP contribution in [0.3, 0.4) is 0 Å². The van der Waals surface area contributed by atoms with E-state index in [1.807, 2.05) is 6.07 Å². The number of nitrogen functional groups attached to an aromatic ring is 1. The molecule has 4 aromatic rings. The average Bonchev–Trinajstić information content (AvgIpc) is 3.18. The van der Waals surface area contributed by atoms with Crippen LogP contribution in [0.5, 0.6) is 5.88 Å². The molecule has 120 valence electrons. The summed E-state index contributed by atoms with van der Waals surface area (Å²) in [6.45, 7) is 0. The lowest BCUT2D eigenvalue weighted by Gasteiger charge is -2.09. The summed E-state index contributed by atoms with van der Waals surface area (Å²) in [6, 6.07) is 5.46. The Labute approximate surface area is 145 Å². The highest BCUT2D eigenvalue weighted by atomic mass is 35.5. The van der Waals surface area contributed by atoms with E-state index in [-0.39, 0.29) is 11.7 Å². The number of hydrogen-bond donors (Lipinski definition) is 2. The predicted molar refractivity (Wildman–Crippen MR) is 93.9 cm³/mol. The smallest absolute Gasteiger partial charge is 0.255 e. The molecule has 0 bridgehead atoms. The van der Waals surface area contributed by atoms with E-state index in [1.165, 1.54) is 11.3 Å². The zero-order valence-corrected chi connectivity index (χ0v) is 14.0. The van der Waals surface area contributed by atoms with Gasteiger partial charge < -0.3 is 10.8 Å². The lowest BCUT2D eigenvalue weighted by atomic mass is 10.1. The number of halogens is 1. The first-order chi connectivity index (χ1) is 11.5. The molecule has 9 heteroatoms. The van der Waals surface area contributed by atoms with E-state index in [2.05, 4.69) is 20.1 Å². The number of anilines is 1. The van der Waals surface area contributed by atoms with Gasteiger partial charge in [-0.1, -0.05) is 11.6 Å². The third-order valence-electron chi connectivity index (χ3n) is 3.52. The molecule has 0 atom stereocenters. The molecule has 0 unspecified atom stereocenters. The maximum Gasteiger partial charge on any atom is 0.255 e. The molecule has 0 aliphatic carbocycles. The van der Waals surface area contributed by atoms with E-state index in [9.17, 15) is 5.11 Å². The van der Waals surface area contributed by atoms with Crippen molar-refractivity contribution in [2.45, 2.75) is 0 Å². The Hall–Kier alpha value is -2.71. The first-order valence-corrected chi connectivity index (χ1v) is 8.18. The number of rotatable bonds is 2. The minimum absolute atomic E-state index is 0.0515. The van der Waals surface area contributed by atoms with Gasteiger partial charge in [0.1, 0.15) is 17.1 Å². The molecule has 0 aliphatic rings. The number of nitrogens with two attached hydrogens (primary N) is 1. The van der Waals surface area contributed by atoms with E-state index in [0.29, 0.717) is 27.7 Å². The van der Waals surface area contributed by atoms with Crippen molar-refractivity contribution in [1.82, 2.24) is 24.7 Å². The molecule has 0 fully saturated rings. The minimum atomic E-state index is -0.329. The summed E-state index contributed by atoms with van der Waals surface area (Å²) in [5.74, 6) is -0.380. The first kappa shape index (κ1) is 14.9. The molecule has 3 heterocycles. The van der Waals surface area contributed by atoms with Crippen molar-refractivity contribution in [3.05, 3.63) is 34.9 Å². The Morgan fingerprint density at radius 1 is 1.25 bits per heavy atom. The minimum Gasteiger partial charge on any atom is -0.491 e. The van der Waals surface area contributed by atoms with Crippen LogP contribution in [0, 0.1) is 0 Å². The highest BCUT2D eigenvalue weighted by Gasteiger charge is 2.18. The van der Waals surface area contributed by atoms with Gasteiger partial charge in [0.2, 0.25) is 0 Å². The molecule has 7 nitrogen and oxygen atoms in total. The van der Waals surface area contributed by atoms with Gasteiger partial charge in [-0.15, -0.1) is 11.3 Å². The van der Waals surface area contributed by atoms with Gasteiger partial charge in [-0.05, 0) is 18.2 Å². The quantitative estimate of drug-likeness (QED) is 0.570. The third kappa shape index (κ3) is 2.36. The van der Waals surface area contributed by atoms with Crippen molar-refractivity contribution in [3.63, 3.8) is 0 Å². The van der Waals surface area contributed by atoms with Crippen LogP contribution in [0.4, 0.5) is 5.82 Å². The molecule has 0 radical (unpaired) electrons. The molecule has 0 spiro atoms. The van der Waals surface area contributed by atoms with Gasteiger partial charge in [-0.2, -0.15) is 5.10 Å². The summed E-state index contributed by atoms with van der Waals surface area (Å²) in [4.78, 5) is 12.7. The van der Waals surface area contributed by atoms with Gasteiger partial charge in [0.15, 0.2) is 5.82 Å². The van der Waals surface area contributed by atoms with Gasteiger partial charge in [-0.3, -0.25) is 4.68 Å². The first-order valence-electron chi connectivity index (χ1n) is 6.92. The molecular formula is C15H11ClN6OS. The van der Waals surface area contributed by atoms with Crippen LogP contribution >= 0.6 is 22.9 Å². The zero-order valence-electron chi connectivity index (χ0n) is 12.4. The summed E-state index contributed by atoms with van der Waals surface area (Å²) in [7, 11) is 1.81. The number of benzene rings is 1. The second kappa shape index (κ2) is 5.43. The summed E-state index contributed by atoms with van der Waals surface area (Å²) in [6.07, 6.45) is 1.79. The molecule has 1 aromatic carbocycles. The topological polar surface area (TPSA) is 103 Å². The lowest BCUT2D eigenvalue weighted by molar-refractivity contribution is 0.455. The van der Waals surface area contributed by atoms with E-state index in [0.717, 1.165) is 10.2 Å². The van der Waals surface area contributed by atoms with Crippen LogP contribution in [0.15, 0.2) is 29.9 Å². The molecule has 0 saturated carbocycles. The molecule has 0 saturated heterocycles. The van der Waals surface area contributed by atoms with E-state index < -0.39 is 0 Å². The van der Waals surface area contributed by atoms with Gasteiger partial charge in [0.05, 0.1) is 20.7 Å². The van der Waals surface area contributed by atoms with Gasteiger partial charge >= 0.3 is 0 Å². The van der Waals surface area contributed by atoms with Gasteiger partial charge in [0, 0.05) is 18.8 Å². The molecule has 3 aromatic heterocycles. The number of aromatic nitrogens is 5. The van der Waals surface area contributed by atoms with Gasteiger partial charge in [-0.25, -0.2) is 15.0 Å².